The topological polar surface area (TPSA) is 38.3 Å². The Kier molecular flexibility index (Phi) is 5.01. The summed E-state index contributed by atoms with van der Waals surface area (Å²) in [5, 5.41) is 5.36. The lowest BCUT2D eigenvalue weighted by Crippen LogP contribution is -2.30. The molecule has 4 heteroatoms. The molecule has 1 saturated heterocycles. The minimum Gasteiger partial charge on any atom is -0.460 e. The van der Waals surface area contributed by atoms with E-state index in [0.29, 0.717) is 18.9 Å². The predicted octanol–water partition coefficient (Wildman–Crippen LogP) is 2.57. The highest BCUT2D eigenvalue weighted by atomic mass is 32.1. The van der Waals surface area contributed by atoms with Gasteiger partial charge in [-0.25, -0.2) is 0 Å². The molecule has 0 aromatic carbocycles. The summed E-state index contributed by atoms with van der Waals surface area (Å²) in [6.07, 6.45) is 3.98. The molecule has 3 nitrogen and oxygen atoms in total. The highest BCUT2D eigenvalue weighted by Crippen LogP contribution is 2.16. The first-order valence-electron chi connectivity index (χ1n) is 6.23. The van der Waals surface area contributed by atoms with Gasteiger partial charge in [-0.1, -0.05) is 6.07 Å². The van der Waals surface area contributed by atoms with Crippen molar-refractivity contribution in [1.29, 1.82) is 0 Å². The number of hydrogen-bond acceptors (Lipinski definition) is 4. The molecular formula is C13H19NO2S. The smallest absolute Gasteiger partial charge is 0.306 e. The van der Waals surface area contributed by atoms with Crippen molar-refractivity contribution in [3.63, 3.8) is 0 Å². The van der Waals surface area contributed by atoms with Crippen molar-refractivity contribution < 1.29 is 9.53 Å². The second-order valence-corrected chi connectivity index (χ2v) is 5.52. The van der Waals surface area contributed by atoms with Gasteiger partial charge < -0.3 is 10.1 Å². The van der Waals surface area contributed by atoms with Crippen molar-refractivity contribution in [2.75, 3.05) is 13.1 Å². The molecule has 0 amide bonds. The maximum Gasteiger partial charge on any atom is 0.306 e. The zero-order valence-corrected chi connectivity index (χ0v) is 10.8. The number of thiophene rings is 1. The zero-order chi connectivity index (χ0) is 11.9. The average molecular weight is 253 g/mol. The number of hydrogen-bond donors (Lipinski definition) is 1. The largest absolute Gasteiger partial charge is 0.460 e. The van der Waals surface area contributed by atoms with Crippen LogP contribution in [0.1, 0.15) is 30.6 Å². The highest BCUT2D eigenvalue weighted by molar-refractivity contribution is 7.09. The minimum absolute atomic E-state index is 0.0658. The lowest BCUT2D eigenvalue weighted by molar-refractivity contribution is -0.145. The Balaban J connectivity index is 1.60. The first-order valence-corrected chi connectivity index (χ1v) is 7.11. The molecule has 0 bridgehead atoms. The Labute approximate surface area is 106 Å². The van der Waals surface area contributed by atoms with Crippen LogP contribution < -0.4 is 5.32 Å². The van der Waals surface area contributed by atoms with Gasteiger partial charge in [0.05, 0.1) is 0 Å². The first-order chi connectivity index (χ1) is 8.34. The van der Waals surface area contributed by atoms with E-state index in [1.165, 1.54) is 12.8 Å². The Bertz CT molecular complexity index is 331. The summed E-state index contributed by atoms with van der Waals surface area (Å²) in [5.41, 5.74) is 0. The fourth-order valence-corrected chi connectivity index (χ4v) is 2.73. The van der Waals surface area contributed by atoms with Crippen LogP contribution in [-0.4, -0.2) is 19.1 Å². The Morgan fingerprint density at radius 2 is 2.53 bits per heavy atom. The quantitative estimate of drug-likeness (QED) is 0.820. The van der Waals surface area contributed by atoms with E-state index in [2.05, 4.69) is 5.32 Å². The Morgan fingerprint density at radius 3 is 3.24 bits per heavy atom. The third kappa shape index (κ3) is 4.48. The molecule has 1 aromatic rings. The predicted molar refractivity (Wildman–Crippen MR) is 68.9 cm³/mol. The first kappa shape index (κ1) is 12.6. The number of nitrogens with one attached hydrogen (secondary N) is 1. The molecule has 1 aromatic heterocycles. The average Bonchev–Trinajstić information content (AvgIpc) is 2.88. The summed E-state index contributed by atoms with van der Waals surface area (Å²) >= 11 is 1.62. The summed E-state index contributed by atoms with van der Waals surface area (Å²) in [7, 11) is 0. The number of piperidine rings is 1. The van der Waals surface area contributed by atoms with Gasteiger partial charge in [-0.3, -0.25) is 4.79 Å². The van der Waals surface area contributed by atoms with E-state index in [9.17, 15) is 4.79 Å². The number of carbonyl (C=O) groups excluding carboxylic acids is 1. The van der Waals surface area contributed by atoms with Gasteiger partial charge in [-0.05, 0) is 49.7 Å². The molecule has 0 saturated carbocycles. The molecule has 2 rings (SSSR count). The maximum atomic E-state index is 11.5. The molecule has 1 aliphatic rings. The van der Waals surface area contributed by atoms with Crippen LogP contribution in [0.15, 0.2) is 17.5 Å². The number of esters is 1. The number of carbonyl (C=O) groups is 1. The van der Waals surface area contributed by atoms with Gasteiger partial charge in [-0.2, -0.15) is 0 Å². The molecule has 1 unspecified atom stereocenters. The van der Waals surface area contributed by atoms with E-state index in [-0.39, 0.29) is 5.97 Å². The molecule has 1 N–H and O–H groups in total. The fraction of sp³-hybridized carbons (Fsp3) is 0.615. The summed E-state index contributed by atoms with van der Waals surface area (Å²) in [6.45, 7) is 2.61. The van der Waals surface area contributed by atoms with Crippen molar-refractivity contribution >= 4 is 17.3 Å². The van der Waals surface area contributed by atoms with Crippen LogP contribution in [-0.2, 0) is 16.1 Å². The van der Waals surface area contributed by atoms with Crippen LogP contribution in [0, 0.1) is 5.92 Å². The molecule has 1 aliphatic heterocycles. The molecule has 94 valence electrons. The van der Waals surface area contributed by atoms with Crippen molar-refractivity contribution in [1.82, 2.24) is 5.32 Å². The van der Waals surface area contributed by atoms with E-state index >= 15 is 0 Å². The molecule has 1 atom stereocenters. The van der Waals surface area contributed by atoms with E-state index in [1.807, 2.05) is 17.5 Å². The van der Waals surface area contributed by atoms with E-state index in [4.69, 9.17) is 4.74 Å². The van der Waals surface area contributed by atoms with Crippen LogP contribution in [0.25, 0.3) is 0 Å². The molecule has 0 spiro atoms. The SMILES string of the molecule is O=C(CCC1CCCNC1)OCc1cccs1. The monoisotopic (exact) mass is 253 g/mol. The van der Waals surface area contributed by atoms with Crippen LogP contribution in [0.3, 0.4) is 0 Å². The molecule has 0 aliphatic carbocycles. The van der Waals surface area contributed by atoms with E-state index in [1.54, 1.807) is 11.3 Å². The van der Waals surface area contributed by atoms with Gasteiger partial charge in [0.25, 0.3) is 0 Å². The molecule has 17 heavy (non-hydrogen) atoms. The summed E-state index contributed by atoms with van der Waals surface area (Å²) in [6, 6.07) is 3.96. The van der Waals surface area contributed by atoms with Gasteiger partial charge in [0.1, 0.15) is 6.61 Å². The summed E-state index contributed by atoms with van der Waals surface area (Å²) < 4.78 is 5.23. The summed E-state index contributed by atoms with van der Waals surface area (Å²) in [5.74, 6) is 0.585. The minimum atomic E-state index is -0.0658. The van der Waals surface area contributed by atoms with Crippen molar-refractivity contribution in [2.45, 2.75) is 32.3 Å². The van der Waals surface area contributed by atoms with Gasteiger partial charge >= 0.3 is 5.97 Å². The maximum absolute atomic E-state index is 11.5. The third-order valence-corrected chi connectivity index (χ3v) is 3.96. The van der Waals surface area contributed by atoms with Gasteiger partial charge in [0.2, 0.25) is 0 Å². The Hall–Kier alpha value is -0.870. The second kappa shape index (κ2) is 6.77. The highest BCUT2D eigenvalue weighted by Gasteiger charge is 2.14. The van der Waals surface area contributed by atoms with Crippen molar-refractivity contribution in [3.8, 4) is 0 Å². The third-order valence-electron chi connectivity index (χ3n) is 3.11. The van der Waals surface area contributed by atoms with Crippen LogP contribution in [0.4, 0.5) is 0 Å². The normalized spacial score (nSPS) is 20.1. The van der Waals surface area contributed by atoms with Crippen LogP contribution in [0.2, 0.25) is 0 Å². The van der Waals surface area contributed by atoms with Gasteiger partial charge in [0, 0.05) is 11.3 Å². The Morgan fingerprint density at radius 1 is 1.59 bits per heavy atom. The lowest BCUT2D eigenvalue weighted by atomic mass is 9.95. The lowest BCUT2D eigenvalue weighted by Gasteiger charge is -2.22. The number of ether oxygens (including phenoxy) is 1. The van der Waals surface area contributed by atoms with Crippen molar-refractivity contribution in [3.05, 3.63) is 22.4 Å². The zero-order valence-electron chi connectivity index (χ0n) is 9.98. The fourth-order valence-electron chi connectivity index (χ4n) is 2.11. The molecule has 0 radical (unpaired) electrons. The van der Waals surface area contributed by atoms with E-state index in [0.717, 1.165) is 24.4 Å². The molecular weight excluding hydrogens is 234 g/mol. The van der Waals surface area contributed by atoms with Crippen LogP contribution >= 0.6 is 11.3 Å². The second-order valence-electron chi connectivity index (χ2n) is 4.49. The van der Waals surface area contributed by atoms with Gasteiger partial charge in [0.15, 0.2) is 0 Å². The van der Waals surface area contributed by atoms with Crippen molar-refractivity contribution in [2.24, 2.45) is 5.92 Å². The standard InChI is InChI=1S/C13H19NO2S/c15-13(16-10-12-4-2-8-17-12)6-5-11-3-1-7-14-9-11/h2,4,8,11,14H,1,3,5-7,9-10H2. The summed E-state index contributed by atoms with van der Waals surface area (Å²) in [4.78, 5) is 12.7. The molecule has 2 heterocycles. The van der Waals surface area contributed by atoms with Gasteiger partial charge in [-0.15, -0.1) is 11.3 Å². The number of rotatable bonds is 5. The molecule has 1 fully saturated rings. The van der Waals surface area contributed by atoms with Crippen LogP contribution in [0.5, 0.6) is 0 Å². The van der Waals surface area contributed by atoms with E-state index < -0.39 is 0 Å².